The molecule has 2 aliphatic rings. The molecule has 2 bridgehead atoms. The van der Waals surface area contributed by atoms with E-state index in [1.165, 1.54) is 17.5 Å². The summed E-state index contributed by atoms with van der Waals surface area (Å²) < 4.78 is 0. The molecular weight excluding hydrogens is 324 g/mol. The number of rotatable bonds is 3. The van der Waals surface area contributed by atoms with Crippen LogP contribution < -0.4 is 16.5 Å². The van der Waals surface area contributed by atoms with Crippen LogP contribution in [0.2, 0.25) is 0 Å². The second-order valence-electron chi connectivity index (χ2n) is 7.10. The van der Waals surface area contributed by atoms with E-state index in [1.807, 2.05) is 12.1 Å². The van der Waals surface area contributed by atoms with Gasteiger partial charge >= 0.3 is 6.03 Å². The van der Waals surface area contributed by atoms with Crippen LogP contribution in [-0.4, -0.2) is 11.7 Å². The normalized spacial score (nSPS) is 27.6. The van der Waals surface area contributed by atoms with Gasteiger partial charge in [-0.3, -0.25) is 0 Å². The van der Waals surface area contributed by atoms with Crippen molar-refractivity contribution in [2.45, 2.75) is 31.3 Å². The molecule has 0 unspecified atom stereocenters. The number of carbonyl (C=O) groups is 1. The largest absolute Gasteiger partial charge is 0.350 e. The Balaban J connectivity index is 1.76. The van der Waals surface area contributed by atoms with Crippen molar-refractivity contribution in [2.24, 2.45) is 22.7 Å². The standard InChI is InChI=1S/C21H24N4O/c22-21(26)25-24-20-16-12-7-13-17(20)19(15-10-5-2-6-11-15)23-18(16)14-8-3-1-4-9-14/h1-6,8-11,16-19,23H,7,12-13H2,(H3,22,25,26)/t16-,17-,18+,19+/m1/s1. The van der Waals surface area contributed by atoms with Crippen molar-refractivity contribution in [2.75, 3.05) is 0 Å². The number of benzene rings is 2. The molecule has 1 heterocycles. The Morgan fingerprint density at radius 1 is 0.923 bits per heavy atom. The van der Waals surface area contributed by atoms with Crippen LogP contribution in [0.25, 0.3) is 0 Å². The molecule has 1 aliphatic carbocycles. The van der Waals surface area contributed by atoms with E-state index in [0.29, 0.717) is 0 Å². The van der Waals surface area contributed by atoms with Gasteiger partial charge in [0.1, 0.15) is 0 Å². The molecule has 4 N–H and O–H groups in total. The molecule has 1 saturated carbocycles. The fourth-order valence-corrected chi connectivity index (χ4v) is 4.49. The van der Waals surface area contributed by atoms with Gasteiger partial charge in [-0.05, 0) is 24.0 Å². The molecule has 2 aromatic carbocycles. The topological polar surface area (TPSA) is 79.5 Å². The highest BCUT2D eigenvalue weighted by Gasteiger charge is 2.45. The monoisotopic (exact) mass is 348 g/mol. The van der Waals surface area contributed by atoms with E-state index in [1.54, 1.807) is 0 Å². The summed E-state index contributed by atoms with van der Waals surface area (Å²) in [6.07, 6.45) is 3.28. The maximum absolute atomic E-state index is 11.3. The molecule has 5 heteroatoms. The number of fused-ring (bicyclic) bond motifs is 2. The summed E-state index contributed by atoms with van der Waals surface area (Å²) >= 11 is 0. The summed E-state index contributed by atoms with van der Waals surface area (Å²) in [6.45, 7) is 0. The molecule has 2 aromatic rings. The summed E-state index contributed by atoms with van der Waals surface area (Å²) in [7, 11) is 0. The first-order chi connectivity index (χ1) is 12.7. The summed E-state index contributed by atoms with van der Waals surface area (Å²) in [5.41, 5.74) is 11.3. The van der Waals surface area contributed by atoms with Crippen molar-refractivity contribution in [3.8, 4) is 0 Å². The minimum absolute atomic E-state index is 0.173. The minimum Gasteiger partial charge on any atom is -0.350 e. The number of nitrogens with zero attached hydrogens (tertiary/aromatic N) is 1. The third-order valence-electron chi connectivity index (χ3n) is 5.57. The number of nitrogens with one attached hydrogen (secondary N) is 2. The van der Waals surface area contributed by atoms with E-state index in [-0.39, 0.29) is 23.9 Å². The van der Waals surface area contributed by atoms with E-state index in [2.05, 4.69) is 64.4 Å². The summed E-state index contributed by atoms with van der Waals surface area (Å²) in [6, 6.07) is 20.7. The lowest BCUT2D eigenvalue weighted by Crippen LogP contribution is -2.51. The van der Waals surface area contributed by atoms with Crippen molar-refractivity contribution in [3.63, 3.8) is 0 Å². The van der Waals surface area contributed by atoms with Crippen LogP contribution in [0, 0.1) is 11.8 Å². The molecule has 0 radical (unpaired) electrons. The smallest absolute Gasteiger partial charge is 0.332 e. The van der Waals surface area contributed by atoms with Crippen LogP contribution in [0.1, 0.15) is 42.5 Å². The molecule has 0 aromatic heterocycles. The predicted octanol–water partition coefficient (Wildman–Crippen LogP) is 3.51. The van der Waals surface area contributed by atoms with Crippen LogP contribution >= 0.6 is 0 Å². The van der Waals surface area contributed by atoms with Crippen LogP contribution in [-0.2, 0) is 0 Å². The first-order valence-corrected chi connectivity index (χ1v) is 9.23. The van der Waals surface area contributed by atoms with Crippen molar-refractivity contribution in [1.29, 1.82) is 0 Å². The van der Waals surface area contributed by atoms with E-state index in [0.717, 1.165) is 18.6 Å². The van der Waals surface area contributed by atoms with Gasteiger partial charge in [-0.25, -0.2) is 10.2 Å². The molecular formula is C21H24N4O. The number of piperidine rings is 1. The lowest BCUT2D eigenvalue weighted by Gasteiger charge is -2.47. The molecule has 2 amide bonds. The lowest BCUT2D eigenvalue weighted by atomic mass is 9.67. The van der Waals surface area contributed by atoms with Gasteiger partial charge in [-0.15, -0.1) is 0 Å². The first kappa shape index (κ1) is 16.8. The first-order valence-electron chi connectivity index (χ1n) is 9.23. The molecule has 26 heavy (non-hydrogen) atoms. The Labute approximate surface area is 153 Å². The molecule has 5 nitrogen and oxygen atoms in total. The molecule has 2 fully saturated rings. The second kappa shape index (κ2) is 7.30. The van der Waals surface area contributed by atoms with Crippen LogP contribution in [0.15, 0.2) is 65.8 Å². The van der Waals surface area contributed by atoms with Crippen molar-refractivity contribution < 1.29 is 4.79 Å². The van der Waals surface area contributed by atoms with Crippen molar-refractivity contribution in [3.05, 3.63) is 71.8 Å². The van der Waals surface area contributed by atoms with Gasteiger partial charge in [0.15, 0.2) is 0 Å². The molecule has 134 valence electrons. The number of urea groups is 1. The second-order valence-corrected chi connectivity index (χ2v) is 7.10. The van der Waals surface area contributed by atoms with Gasteiger partial charge in [0.2, 0.25) is 0 Å². The quantitative estimate of drug-likeness (QED) is 0.742. The summed E-state index contributed by atoms with van der Waals surface area (Å²) in [5.74, 6) is 0.533. The van der Waals surface area contributed by atoms with E-state index < -0.39 is 6.03 Å². The zero-order chi connectivity index (χ0) is 17.9. The Kier molecular flexibility index (Phi) is 4.71. The van der Waals surface area contributed by atoms with Crippen molar-refractivity contribution >= 4 is 11.7 Å². The molecule has 1 saturated heterocycles. The van der Waals surface area contributed by atoms with E-state index in [4.69, 9.17) is 5.73 Å². The van der Waals surface area contributed by atoms with Crippen LogP contribution in [0.3, 0.4) is 0 Å². The Morgan fingerprint density at radius 2 is 1.42 bits per heavy atom. The Hall–Kier alpha value is -2.66. The SMILES string of the molecule is NC(=O)NN=C1[C@@H]2CCC[C@@H]1[C@H](c1ccccc1)N[C@H]2c1ccccc1. The maximum atomic E-state index is 11.3. The minimum atomic E-state index is -0.610. The highest BCUT2D eigenvalue weighted by Crippen LogP contribution is 2.46. The van der Waals surface area contributed by atoms with Gasteiger partial charge < -0.3 is 11.1 Å². The summed E-state index contributed by atoms with van der Waals surface area (Å²) in [4.78, 5) is 11.3. The van der Waals surface area contributed by atoms with Gasteiger partial charge in [0.05, 0.1) is 0 Å². The highest BCUT2D eigenvalue weighted by molar-refractivity contribution is 5.92. The molecule has 4 rings (SSSR count). The number of nitrogens with two attached hydrogens (primary N) is 1. The average Bonchev–Trinajstić information content (AvgIpc) is 2.68. The number of primary amides is 1. The van der Waals surface area contributed by atoms with Crippen LogP contribution in [0.4, 0.5) is 4.79 Å². The zero-order valence-corrected chi connectivity index (χ0v) is 14.6. The van der Waals surface area contributed by atoms with Gasteiger partial charge in [0.25, 0.3) is 0 Å². The summed E-state index contributed by atoms with van der Waals surface area (Å²) in [5, 5.41) is 8.35. The highest BCUT2D eigenvalue weighted by atomic mass is 16.2. The van der Waals surface area contributed by atoms with E-state index >= 15 is 0 Å². The predicted molar refractivity (Wildman–Crippen MR) is 102 cm³/mol. The number of hydrogen-bond donors (Lipinski definition) is 3. The number of hydrazone groups is 1. The zero-order valence-electron chi connectivity index (χ0n) is 14.6. The lowest BCUT2D eigenvalue weighted by molar-refractivity contribution is 0.230. The van der Waals surface area contributed by atoms with Gasteiger partial charge in [-0.1, -0.05) is 67.1 Å². The van der Waals surface area contributed by atoms with E-state index in [9.17, 15) is 4.79 Å². The molecule has 1 aliphatic heterocycles. The average molecular weight is 348 g/mol. The molecule has 4 atom stereocenters. The molecule has 0 spiro atoms. The number of hydrogen-bond acceptors (Lipinski definition) is 3. The fraction of sp³-hybridized carbons (Fsp3) is 0.333. The Morgan fingerprint density at radius 3 is 1.88 bits per heavy atom. The Bertz CT molecular complexity index is 735. The fourth-order valence-electron chi connectivity index (χ4n) is 4.49. The van der Waals surface area contributed by atoms with Crippen LogP contribution in [0.5, 0.6) is 0 Å². The number of carbonyl (C=O) groups excluding carboxylic acids is 1. The third-order valence-corrected chi connectivity index (χ3v) is 5.57. The van der Waals surface area contributed by atoms with Gasteiger partial charge in [0, 0.05) is 29.6 Å². The van der Waals surface area contributed by atoms with Gasteiger partial charge in [-0.2, -0.15) is 5.10 Å². The maximum Gasteiger partial charge on any atom is 0.332 e. The third kappa shape index (κ3) is 3.22. The van der Waals surface area contributed by atoms with Crippen molar-refractivity contribution in [1.82, 2.24) is 10.7 Å². The number of amides is 2.